The Hall–Kier alpha value is -2.28. The molecular weight excluding hydrogens is 348 g/mol. The number of anilines is 2. The zero-order valence-corrected chi connectivity index (χ0v) is 15.3. The Morgan fingerprint density at radius 2 is 2.04 bits per heavy atom. The summed E-state index contributed by atoms with van der Waals surface area (Å²) in [6, 6.07) is 9.84. The predicted molar refractivity (Wildman–Crippen MR) is 102 cm³/mol. The van der Waals surface area contributed by atoms with Gasteiger partial charge in [0, 0.05) is 17.4 Å². The summed E-state index contributed by atoms with van der Waals surface area (Å²) in [6.07, 6.45) is 7.75. The second-order valence-electron chi connectivity index (χ2n) is 6.80. The Morgan fingerprint density at radius 3 is 2.88 bits per heavy atom. The third-order valence-corrected chi connectivity index (χ3v) is 6.21. The maximum Gasteiger partial charge on any atom is 0.238 e. The zero-order valence-electron chi connectivity index (χ0n) is 14.5. The third kappa shape index (κ3) is 3.62. The summed E-state index contributed by atoms with van der Waals surface area (Å²) in [7, 11) is 0. The summed E-state index contributed by atoms with van der Waals surface area (Å²) in [5, 5.41) is 9.81. The lowest BCUT2D eigenvalue weighted by atomic mass is 9.96. The van der Waals surface area contributed by atoms with Crippen molar-refractivity contribution >= 4 is 35.1 Å². The van der Waals surface area contributed by atoms with E-state index >= 15 is 0 Å². The van der Waals surface area contributed by atoms with Crippen LogP contribution < -0.4 is 10.6 Å². The van der Waals surface area contributed by atoms with E-state index in [0.717, 1.165) is 29.2 Å². The standard InChI is InChI=1S/C19H22N4O2S/c24-18(12-16-19(25)21-14-8-4-5-9-15(14)26-16)22-17-10-11-20-23(17)13-6-2-1-3-7-13/h4-5,8-11,13,16H,1-3,6-7,12H2,(H,21,25)(H,22,24). The van der Waals surface area contributed by atoms with Gasteiger partial charge in [0.05, 0.1) is 23.2 Å². The van der Waals surface area contributed by atoms with Gasteiger partial charge in [-0.2, -0.15) is 5.10 Å². The highest BCUT2D eigenvalue weighted by Crippen LogP contribution is 2.37. The molecule has 2 aromatic rings. The van der Waals surface area contributed by atoms with Gasteiger partial charge in [-0.3, -0.25) is 9.59 Å². The number of nitrogens with one attached hydrogen (secondary N) is 2. The molecule has 0 spiro atoms. The van der Waals surface area contributed by atoms with Crippen molar-refractivity contribution in [3.05, 3.63) is 36.5 Å². The second kappa shape index (κ2) is 7.53. The largest absolute Gasteiger partial charge is 0.324 e. The fourth-order valence-electron chi connectivity index (χ4n) is 3.62. The number of thioether (sulfide) groups is 1. The molecule has 7 heteroatoms. The van der Waals surface area contributed by atoms with Crippen LogP contribution in [-0.4, -0.2) is 26.8 Å². The van der Waals surface area contributed by atoms with Crippen LogP contribution in [0.15, 0.2) is 41.4 Å². The number of nitrogens with zero attached hydrogens (tertiary/aromatic N) is 2. The molecular formula is C19H22N4O2S. The van der Waals surface area contributed by atoms with E-state index in [4.69, 9.17) is 0 Å². The lowest BCUT2D eigenvalue weighted by molar-refractivity contribution is -0.120. The second-order valence-corrected chi connectivity index (χ2v) is 8.04. The molecule has 1 atom stereocenters. The minimum atomic E-state index is -0.420. The first kappa shape index (κ1) is 17.1. The monoisotopic (exact) mass is 370 g/mol. The molecule has 0 saturated heterocycles. The molecule has 2 heterocycles. The molecule has 1 aliphatic heterocycles. The average Bonchev–Trinajstić information content (AvgIpc) is 3.11. The normalized spacial score (nSPS) is 20.3. The highest BCUT2D eigenvalue weighted by Gasteiger charge is 2.29. The van der Waals surface area contributed by atoms with E-state index in [1.54, 1.807) is 6.20 Å². The number of carbonyl (C=O) groups excluding carboxylic acids is 2. The van der Waals surface area contributed by atoms with Gasteiger partial charge in [0.2, 0.25) is 11.8 Å². The quantitative estimate of drug-likeness (QED) is 0.858. The van der Waals surface area contributed by atoms with Gasteiger partial charge in [0.25, 0.3) is 0 Å². The summed E-state index contributed by atoms with van der Waals surface area (Å²) in [5.74, 6) is 0.447. The van der Waals surface area contributed by atoms with Crippen molar-refractivity contribution in [1.82, 2.24) is 9.78 Å². The van der Waals surface area contributed by atoms with Gasteiger partial charge >= 0.3 is 0 Å². The van der Waals surface area contributed by atoms with E-state index in [1.165, 1.54) is 31.0 Å². The fraction of sp³-hybridized carbons (Fsp3) is 0.421. The van der Waals surface area contributed by atoms with Crippen molar-refractivity contribution in [3.8, 4) is 0 Å². The van der Waals surface area contributed by atoms with E-state index in [1.807, 2.05) is 35.0 Å². The Labute approximate surface area is 156 Å². The molecule has 0 bridgehead atoms. The maximum absolute atomic E-state index is 12.5. The molecule has 1 fully saturated rings. The Bertz CT molecular complexity index is 813. The lowest BCUT2D eigenvalue weighted by Crippen LogP contribution is -2.32. The van der Waals surface area contributed by atoms with E-state index < -0.39 is 5.25 Å². The first-order chi connectivity index (χ1) is 12.7. The SMILES string of the molecule is O=C(CC1Sc2ccccc2NC1=O)Nc1ccnn1C1CCCCC1. The van der Waals surface area contributed by atoms with Crippen LogP contribution in [0.5, 0.6) is 0 Å². The van der Waals surface area contributed by atoms with Crippen LogP contribution in [0.4, 0.5) is 11.5 Å². The highest BCUT2D eigenvalue weighted by atomic mass is 32.2. The number of rotatable bonds is 4. The Balaban J connectivity index is 1.40. The molecule has 136 valence electrons. The zero-order chi connectivity index (χ0) is 17.9. The molecule has 1 unspecified atom stereocenters. The fourth-order valence-corrected chi connectivity index (χ4v) is 4.73. The minimum absolute atomic E-state index is 0.121. The van der Waals surface area contributed by atoms with Crippen molar-refractivity contribution in [2.45, 2.75) is 54.7 Å². The first-order valence-electron chi connectivity index (χ1n) is 9.10. The maximum atomic E-state index is 12.5. The Morgan fingerprint density at radius 1 is 1.23 bits per heavy atom. The smallest absolute Gasteiger partial charge is 0.238 e. The molecule has 1 aliphatic carbocycles. The molecule has 0 radical (unpaired) electrons. The van der Waals surface area contributed by atoms with Gasteiger partial charge in [0.15, 0.2) is 0 Å². The van der Waals surface area contributed by atoms with Crippen LogP contribution in [0.1, 0.15) is 44.6 Å². The molecule has 1 aromatic heterocycles. The third-order valence-electron chi connectivity index (χ3n) is 4.94. The van der Waals surface area contributed by atoms with Crippen LogP contribution in [0.2, 0.25) is 0 Å². The molecule has 2 amide bonds. The van der Waals surface area contributed by atoms with Crippen LogP contribution in [0.25, 0.3) is 0 Å². The number of amides is 2. The van der Waals surface area contributed by atoms with Crippen molar-refractivity contribution in [2.24, 2.45) is 0 Å². The summed E-state index contributed by atoms with van der Waals surface area (Å²) in [6.45, 7) is 0. The molecule has 1 saturated carbocycles. The van der Waals surface area contributed by atoms with Crippen molar-refractivity contribution in [2.75, 3.05) is 10.6 Å². The van der Waals surface area contributed by atoms with Crippen LogP contribution in [0, 0.1) is 0 Å². The van der Waals surface area contributed by atoms with Crippen molar-refractivity contribution < 1.29 is 9.59 Å². The molecule has 1 aromatic carbocycles. The van der Waals surface area contributed by atoms with Crippen LogP contribution in [-0.2, 0) is 9.59 Å². The number of aromatic nitrogens is 2. The van der Waals surface area contributed by atoms with Crippen molar-refractivity contribution in [1.29, 1.82) is 0 Å². The highest BCUT2D eigenvalue weighted by molar-refractivity contribution is 8.01. The number of benzene rings is 1. The van der Waals surface area contributed by atoms with Gasteiger partial charge in [-0.05, 0) is 25.0 Å². The van der Waals surface area contributed by atoms with E-state index in [0.29, 0.717) is 6.04 Å². The summed E-state index contributed by atoms with van der Waals surface area (Å²) in [5.41, 5.74) is 0.814. The van der Waals surface area contributed by atoms with E-state index in [-0.39, 0.29) is 18.2 Å². The molecule has 26 heavy (non-hydrogen) atoms. The van der Waals surface area contributed by atoms with Gasteiger partial charge in [-0.1, -0.05) is 31.4 Å². The number of carbonyl (C=O) groups is 2. The van der Waals surface area contributed by atoms with Crippen LogP contribution >= 0.6 is 11.8 Å². The molecule has 2 aliphatic rings. The molecule has 2 N–H and O–H groups in total. The van der Waals surface area contributed by atoms with Gasteiger partial charge in [-0.15, -0.1) is 11.8 Å². The van der Waals surface area contributed by atoms with E-state index in [2.05, 4.69) is 15.7 Å². The Kier molecular flexibility index (Phi) is 4.97. The predicted octanol–water partition coefficient (Wildman–Crippen LogP) is 3.83. The average molecular weight is 370 g/mol. The summed E-state index contributed by atoms with van der Waals surface area (Å²) in [4.78, 5) is 25.8. The lowest BCUT2D eigenvalue weighted by Gasteiger charge is -2.25. The minimum Gasteiger partial charge on any atom is -0.324 e. The van der Waals surface area contributed by atoms with Gasteiger partial charge in [0.1, 0.15) is 5.82 Å². The first-order valence-corrected chi connectivity index (χ1v) is 9.98. The molecule has 6 nitrogen and oxygen atoms in total. The van der Waals surface area contributed by atoms with Crippen molar-refractivity contribution in [3.63, 3.8) is 0 Å². The summed E-state index contributed by atoms with van der Waals surface area (Å²) < 4.78 is 1.93. The summed E-state index contributed by atoms with van der Waals surface area (Å²) >= 11 is 1.44. The van der Waals surface area contributed by atoms with Crippen LogP contribution in [0.3, 0.4) is 0 Å². The number of fused-ring (bicyclic) bond motifs is 1. The number of para-hydroxylation sites is 1. The van der Waals surface area contributed by atoms with Gasteiger partial charge < -0.3 is 10.6 Å². The van der Waals surface area contributed by atoms with Gasteiger partial charge in [-0.25, -0.2) is 4.68 Å². The number of hydrogen-bond donors (Lipinski definition) is 2. The molecule has 4 rings (SSSR count). The topological polar surface area (TPSA) is 76.0 Å². The van der Waals surface area contributed by atoms with E-state index in [9.17, 15) is 9.59 Å². The number of hydrogen-bond acceptors (Lipinski definition) is 4.